The fourth-order valence-electron chi connectivity index (χ4n) is 2.44. The van der Waals surface area contributed by atoms with Gasteiger partial charge in [-0.2, -0.15) is 8.78 Å². The lowest BCUT2D eigenvalue weighted by atomic mass is 10.1. The van der Waals surface area contributed by atoms with Crippen LogP contribution in [0.15, 0.2) is 48.5 Å². The minimum absolute atomic E-state index is 0.0115. The highest BCUT2D eigenvalue weighted by atomic mass is 32.1. The van der Waals surface area contributed by atoms with Gasteiger partial charge in [-0.05, 0) is 41.9 Å². The van der Waals surface area contributed by atoms with E-state index >= 15 is 0 Å². The van der Waals surface area contributed by atoms with Crippen molar-refractivity contribution in [1.29, 1.82) is 0 Å². The van der Waals surface area contributed by atoms with Crippen LogP contribution in [-0.4, -0.2) is 37.3 Å². The first-order valence-electron chi connectivity index (χ1n) is 8.14. The zero-order valence-electron chi connectivity index (χ0n) is 14.7. The number of hydrogen-bond donors (Lipinski definition) is 1. The molecule has 2 aromatic carbocycles. The molecular weight excluding hydrogens is 358 g/mol. The fourth-order valence-corrected chi connectivity index (χ4v) is 2.61. The highest BCUT2D eigenvalue weighted by Gasteiger charge is 2.12. The van der Waals surface area contributed by atoms with Crippen LogP contribution in [0.4, 0.5) is 8.78 Å². The second-order valence-electron chi connectivity index (χ2n) is 5.69. The zero-order valence-corrected chi connectivity index (χ0v) is 15.6. The summed E-state index contributed by atoms with van der Waals surface area (Å²) >= 11 is 5.40. The van der Waals surface area contributed by atoms with Crippen molar-refractivity contribution in [2.45, 2.75) is 19.6 Å². The number of methoxy groups -OCH3 is 1. The number of thiocarbonyl (C=S) groups is 1. The molecule has 0 aliphatic heterocycles. The molecule has 2 aromatic rings. The summed E-state index contributed by atoms with van der Waals surface area (Å²) in [6.45, 7) is -1.64. The molecule has 7 heteroatoms. The summed E-state index contributed by atoms with van der Waals surface area (Å²) in [5, 5.41) is 3.84. The van der Waals surface area contributed by atoms with Crippen LogP contribution in [0.5, 0.6) is 11.5 Å². The van der Waals surface area contributed by atoms with Crippen molar-refractivity contribution in [3.05, 3.63) is 59.7 Å². The van der Waals surface area contributed by atoms with Gasteiger partial charge in [-0.15, -0.1) is 0 Å². The van der Waals surface area contributed by atoms with E-state index in [4.69, 9.17) is 17.0 Å². The number of nitrogens with zero attached hydrogens (tertiary/aromatic N) is 1. The summed E-state index contributed by atoms with van der Waals surface area (Å²) in [5.41, 5.74) is 2.11. The summed E-state index contributed by atoms with van der Waals surface area (Å²) in [7, 11) is 3.28. The molecule has 0 amide bonds. The predicted octanol–water partition coefficient (Wildman–Crippen LogP) is 3.85. The molecule has 0 saturated carbocycles. The predicted molar refractivity (Wildman–Crippen MR) is 102 cm³/mol. The zero-order chi connectivity index (χ0) is 18.9. The number of alkyl halides is 2. The quantitative estimate of drug-likeness (QED) is 0.704. The Bertz CT molecular complexity index is 714. The Kier molecular flexibility index (Phi) is 7.59. The van der Waals surface area contributed by atoms with Crippen LogP contribution in [0.3, 0.4) is 0 Å². The molecule has 0 unspecified atom stereocenters. The van der Waals surface area contributed by atoms with Crippen LogP contribution in [-0.2, 0) is 13.0 Å². The molecule has 0 radical (unpaired) electrons. The lowest BCUT2D eigenvalue weighted by Crippen LogP contribution is -2.37. The Balaban J connectivity index is 1.87. The summed E-state index contributed by atoms with van der Waals surface area (Å²) in [5.74, 6) is 0.275. The minimum Gasteiger partial charge on any atom is -0.493 e. The summed E-state index contributed by atoms with van der Waals surface area (Å²) in [6, 6.07) is 15.0. The van der Waals surface area contributed by atoms with Crippen LogP contribution in [0.1, 0.15) is 11.1 Å². The summed E-state index contributed by atoms with van der Waals surface area (Å²) in [6.07, 6.45) is 0.877. The van der Waals surface area contributed by atoms with Gasteiger partial charge in [0.15, 0.2) is 16.6 Å². The maximum atomic E-state index is 12.4. The number of rotatable bonds is 8. The molecule has 0 fully saturated rings. The third kappa shape index (κ3) is 6.15. The number of halogens is 2. The van der Waals surface area contributed by atoms with E-state index in [-0.39, 0.29) is 11.5 Å². The normalized spacial score (nSPS) is 10.5. The molecule has 0 atom stereocenters. The average molecular weight is 380 g/mol. The minimum atomic E-state index is -2.89. The smallest absolute Gasteiger partial charge is 0.387 e. The maximum absolute atomic E-state index is 12.4. The molecule has 0 saturated heterocycles. The molecule has 140 valence electrons. The van der Waals surface area contributed by atoms with Crippen molar-refractivity contribution in [1.82, 2.24) is 10.2 Å². The number of hydrogen-bond acceptors (Lipinski definition) is 3. The van der Waals surface area contributed by atoms with Gasteiger partial charge < -0.3 is 19.7 Å². The fraction of sp³-hybridized carbons (Fsp3) is 0.316. The van der Waals surface area contributed by atoms with E-state index in [0.29, 0.717) is 11.7 Å². The highest BCUT2D eigenvalue weighted by Crippen LogP contribution is 2.29. The van der Waals surface area contributed by atoms with Gasteiger partial charge in [0.05, 0.1) is 7.11 Å². The third-order valence-electron chi connectivity index (χ3n) is 3.74. The van der Waals surface area contributed by atoms with Crippen molar-refractivity contribution >= 4 is 17.3 Å². The van der Waals surface area contributed by atoms with Crippen LogP contribution in [0.25, 0.3) is 0 Å². The molecule has 0 aliphatic carbocycles. The molecule has 0 aromatic heterocycles. The van der Waals surface area contributed by atoms with E-state index in [0.717, 1.165) is 18.5 Å². The lowest BCUT2D eigenvalue weighted by molar-refractivity contribution is -0.0512. The Morgan fingerprint density at radius 2 is 1.85 bits per heavy atom. The van der Waals surface area contributed by atoms with Gasteiger partial charge in [-0.1, -0.05) is 36.4 Å². The molecule has 1 N–H and O–H groups in total. The number of benzene rings is 2. The van der Waals surface area contributed by atoms with Crippen molar-refractivity contribution in [2.24, 2.45) is 0 Å². The third-order valence-corrected chi connectivity index (χ3v) is 4.20. The standard InChI is InChI=1S/C19H22F2N2O2S/c1-23(19(26)22-11-10-14-6-4-3-5-7-14)13-15-8-9-16(25-18(20)21)17(12-15)24-2/h3-9,12,18H,10-11,13H2,1-2H3,(H,22,26). The van der Waals surface area contributed by atoms with Gasteiger partial charge >= 0.3 is 6.61 Å². The highest BCUT2D eigenvalue weighted by molar-refractivity contribution is 7.80. The summed E-state index contributed by atoms with van der Waals surface area (Å²) in [4.78, 5) is 1.88. The van der Waals surface area contributed by atoms with Gasteiger partial charge in [0.2, 0.25) is 0 Å². The first-order valence-corrected chi connectivity index (χ1v) is 8.55. The van der Waals surface area contributed by atoms with Crippen LogP contribution >= 0.6 is 12.2 Å². The maximum Gasteiger partial charge on any atom is 0.387 e. The number of nitrogens with one attached hydrogen (secondary N) is 1. The lowest BCUT2D eigenvalue weighted by Gasteiger charge is -2.22. The first kappa shape index (κ1) is 19.9. The largest absolute Gasteiger partial charge is 0.493 e. The molecule has 0 aliphatic rings. The Hall–Kier alpha value is -2.41. The van der Waals surface area contributed by atoms with E-state index < -0.39 is 6.61 Å². The van der Waals surface area contributed by atoms with E-state index in [9.17, 15) is 8.78 Å². The Labute approximate surface area is 157 Å². The van der Waals surface area contributed by atoms with Crippen LogP contribution < -0.4 is 14.8 Å². The van der Waals surface area contributed by atoms with E-state index in [1.165, 1.54) is 18.7 Å². The molecule has 2 rings (SSSR count). The summed E-state index contributed by atoms with van der Waals surface area (Å²) < 4.78 is 34.3. The van der Waals surface area contributed by atoms with E-state index in [2.05, 4.69) is 22.2 Å². The molecule has 4 nitrogen and oxygen atoms in total. The van der Waals surface area contributed by atoms with E-state index in [1.54, 1.807) is 12.1 Å². The van der Waals surface area contributed by atoms with Crippen LogP contribution in [0, 0.1) is 0 Å². The van der Waals surface area contributed by atoms with Crippen molar-refractivity contribution < 1.29 is 18.3 Å². The second kappa shape index (κ2) is 9.91. The van der Waals surface area contributed by atoms with Gasteiger partial charge in [0.25, 0.3) is 0 Å². The van der Waals surface area contributed by atoms with E-state index in [1.807, 2.05) is 30.1 Å². The first-order chi connectivity index (χ1) is 12.5. The monoisotopic (exact) mass is 380 g/mol. The van der Waals surface area contributed by atoms with Crippen molar-refractivity contribution in [3.63, 3.8) is 0 Å². The Morgan fingerprint density at radius 1 is 1.12 bits per heavy atom. The van der Waals surface area contributed by atoms with Gasteiger partial charge in [0.1, 0.15) is 0 Å². The molecular formula is C19H22F2N2O2S. The van der Waals surface area contributed by atoms with Crippen molar-refractivity contribution in [2.75, 3.05) is 20.7 Å². The van der Waals surface area contributed by atoms with Gasteiger partial charge in [0, 0.05) is 20.1 Å². The van der Waals surface area contributed by atoms with Crippen molar-refractivity contribution in [3.8, 4) is 11.5 Å². The molecule has 0 heterocycles. The Morgan fingerprint density at radius 3 is 2.50 bits per heavy atom. The second-order valence-corrected chi connectivity index (χ2v) is 6.07. The van der Waals surface area contributed by atoms with Gasteiger partial charge in [-0.25, -0.2) is 0 Å². The molecule has 26 heavy (non-hydrogen) atoms. The molecule has 0 spiro atoms. The van der Waals surface area contributed by atoms with Crippen LogP contribution in [0.2, 0.25) is 0 Å². The SMILES string of the molecule is COc1cc(CN(C)C(=S)NCCc2ccccc2)ccc1OC(F)F. The molecule has 0 bridgehead atoms. The van der Waals surface area contributed by atoms with Gasteiger partial charge in [-0.3, -0.25) is 0 Å². The number of ether oxygens (including phenoxy) is 2. The topological polar surface area (TPSA) is 33.7 Å². The average Bonchev–Trinajstić information content (AvgIpc) is 2.63.